The van der Waals surface area contributed by atoms with Crippen LogP contribution in [0.1, 0.15) is 39.0 Å². The highest BCUT2D eigenvalue weighted by atomic mass is 16.5. The number of hydrogen-bond acceptors (Lipinski definition) is 3. The first-order chi connectivity index (χ1) is 8.31. The van der Waals surface area contributed by atoms with Crippen molar-refractivity contribution in [3.63, 3.8) is 0 Å². The molecule has 1 aromatic rings. The molecule has 1 aliphatic rings. The number of hydrogen-bond donors (Lipinski definition) is 1. The molecule has 0 aromatic carbocycles. The Kier molecular flexibility index (Phi) is 4.18. The maximum Gasteiger partial charge on any atom is 0.232 e. The van der Waals surface area contributed by atoms with E-state index < -0.39 is 0 Å². The molecule has 1 saturated carbocycles. The Balaban J connectivity index is 1.82. The zero-order chi connectivity index (χ0) is 12.1. The molecule has 0 amide bonds. The van der Waals surface area contributed by atoms with Gasteiger partial charge in [-0.3, -0.25) is 9.89 Å². The fourth-order valence-electron chi connectivity index (χ4n) is 2.76. The summed E-state index contributed by atoms with van der Waals surface area (Å²) in [5.74, 6) is 1.54. The predicted molar refractivity (Wildman–Crippen MR) is 64.8 cm³/mol. The Bertz CT molecular complexity index is 348. The van der Waals surface area contributed by atoms with Crippen molar-refractivity contribution in [3.05, 3.63) is 12.3 Å². The third-order valence-electron chi connectivity index (χ3n) is 3.57. The minimum absolute atomic E-state index is 0.162. The van der Waals surface area contributed by atoms with Crippen LogP contribution in [0, 0.1) is 11.8 Å². The molecule has 0 bridgehead atoms. The van der Waals surface area contributed by atoms with Crippen LogP contribution in [-0.4, -0.2) is 22.6 Å². The lowest BCUT2D eigenvalue weighted by Crippen LogP contribution is -2.24. The van der Waals surface area contributed by atoms with Crippen molar-refractivity contribution in [1.82, 2.24) is 10.2 Å². The number of carbonyl (C=O) groups excluding carboxylic acids is 1. The van der Waals surface area contributed by atoms with Gasteiger partial charge >= 0.3 is 0 Å². The van der Waals surface area contributed by atoms with E-state index in [1.807, 2.05) is 0 Å². The van der Waals surface area contributed by atoms with Crippen LogP contribution in [0.3, 0.4) is 0 Å². The van der Waals surface area contributed by atoms with Gasteiger partial charge in [-0.25, -0.2) is 0 Å². The van der Waals surface area contributed by atoms with E-state index in [1.165, 1.54) is 19.3 Å². The first-order valence-corrected chi connectivity index (χ1v) is 6.46. The Labute approximate surface area is 102 Å². The highest BCUT2D eigenvalue weighted by molar-refractivity contribution is 5.83. The van der Waals surface area contributed by atoms with Gasteiger partial charge in [0.25, 0.3) is 0 Å². The fourth-order valence-corrected chi connectivity index (χ4v) is 2.76. The maximum atomic E-state index is 12.1. The second kappa shape index (κ2) is 5.84. The largest absolute Gasteiger partial charge is 0.469 e. The van der Waals surface area contributed by atoms with E-state index in [2.05, 4.69) is 17.1 Å². The molecule has 1 heterocycles. The van der Waals surface area contributed by atoms with Gasteiger partial charge in [-0.2, -0.15) is 0 Å². The average Bonchev–Trinajstić information content (AvgIpc) is 2.97. The minimum Gasteiger partial charge on any atom is -0.469 e. The molecule has 2 atom stereocenters. The molecule has 94 valence electrons. The summed E-state index contributed by atoms with van der Waals surface area (Å²) in [4.78, 5) is 12.1. The summed E-state index contributed by atoms with van der Waals surface area (Å²) in [6.45, 7) is 2.34. The van der Waals surface area contributed by atoms with Crippen molar-refractivity contribution >= 4 is 5.78 Å². The number of aromatic amines is 1. The van der Waals surface area contributed by atoms with Crippen molar-refractivity contribution in [2.45, 2.75) is 39.0 Å². The van der Waals surface area contributed by atoms with Gasteiger partial charge in [0.1, 0.15) is 6.61 Å². The summed E-state index contributed by atoms with van der Waals surface area (Å²) in [5.41, 5.74) is 0. The molecule has 0 aliphatic heterocycles. The minimum atomic E-state index is 0.162. The molecule has 17 heavy (non-hydrogen) atoms. The van der Waals surface area contributed by atoms with Crippen LogP contribution in [-0.2, 0) is 4.79 Å². The molecule has 4 nitrogen and oxygen atoms in total. The molecule has 1 fully saturated rings. The SMILES string of the molecule is CCCC1CCCC1C(=O)COc1cc[nH]n1. The van der Waals surface area contributed by atoms with E-state index in [0.29, 0.717) is 11.8 Å². The van der Waals surface area contributed by atoms with Gasteiger partial charge in [-0.1, -0.05) is 26.2 Å². The van der Waals surface area contributed by atoms with Crippen molar-refractivity contribution in [3.8, 4) is 5.88 Å². The standard InChI is InChI=1S/C13H20N2O2/c1-2-4-10-5-3-6-11(10)12(16)9-17-13-7-8-14-15-13/h7-8,10-11H,2-6,9H2,1H3,(H,14,15). The molecule has 1 aromatic heterocycles. The monoisotopic (exact) mass is 236 g/mol. The van der Waals surface area contributed by atoms with Crippen LogP contribution >= 0.6 is 0 Å². The van der Waals surface area contributed by atoms with Gasteiger partial charge in [0.15, 0.2) is 5.78 Å². The van der Waals surface area contributed by atoms with Crippen molar-refractivity contribution in [1.29, 1.82) is 0 Å². The molecule has 2 rings (SSSR count). The van der Waals surface area contributed by atoms with E-state index in [-0.39, 0.29) is 18.3 Å². The van der Waals surface area contributed by atoms with Gasteiger partial charge in [-0.05, 0) is 18.8 Å². The third kappa shape index (κ3) is 3.08. The molecular weight excluding hydrogens is 216 g/mol. The first kappa shape index (κ1) is 12.1. The van der Waals surface area contributed by atoms with Crippen LogP contribution in [0.15, 0.2) is 12.3 Å². The second-order valence-corrected chi connectivity index (χ2v) is 4.75. The lowest BCUT2D eigenvalue weighted by molar-refractivity contribution is -0.126. The highest BCUT2D eigenvalue weighted by Crippen LogP contribution is 2.35. The maximum absolute atomic E-state index is 12.1. The van der Waals surface area contributed by atoms with Crippen molar-refractivity contribution in [2.24, 2.45) is 11.8 Å². The van der Waals surface area contributed by atoms with Crippen LogP contribution < -0.4 is 4.74 Å². The molecule has 4 heteroatoms. The third-order valence-corrected chi connectivity index (χ3v) is 3.57. The molecule has 0 saturated heterocycles. The fraction of sp³-hybridized carbons (Fsp3) is 0.692. The number of H-pyrrole nitrogens is 1. The van der Waals surface area contributed by atoms with E-state index in [9.17, 15) is 4.79 Å². The first-order valence-electron chi connectivity index (χ1n) is 6.46. The summed E-state index contributed by atoms with van der Waals surface area (Å²) in [6.07, 6.45) is 7.44. The number of Topliss-reactive ketones (excluding diaryl/α,β-unsaturated/α-hetero) is 1. The van der Waals surface area contributed by atoms with Gasteiger partial charge in [0.05, 0.1) is 0 Å². The highest BCUT2D eigenvalue weighted by Gasteiger charge is 2.32. The van der Waals surface area contributed by atoms with Gasteiger partial charge in [-0.15, -0.1) is 5.10 Å². The normalized spacial score (nSPS) is 23.8. The summed E-state index contributed by atoms with van der Waals surface area (Å²) >= 11 is 0. The van der Waals surface area contributed by atoms with Crippen LogP contribution in [0.25, 0.3) is 0 Å². The summed E-state index contributed by atoms with van der Waals surface area (Å²) in [7, 11) is 0. The molecule has 2 unspecified atom stereocenters. The number of rotatable bonds is 6. The van der Waals surface area contributed by atoms with Crippen LogP contribution in [0.2, 0.25) is 0 Å². The van der Waals surface area contributed by atoms with Crippen LogP contribution in [0.5, 0.6) is 5.88 Å². The Morgan fingerprint density at radius 2 is 2.47 bits per heavy atom. The summed E-state index contributed by atoms with van der Waals surface area (Å²) < 4.78 is 5.35. The number of aromatic nitrogens is 2. The Hall–Kier alpha value is -1.32. The molecule has 0 radical (unpaired) electrons. The number of ketones is 1. The molecular formula is C13H20N2O2. The van der Waals surface area contributed by atoms with Gasteiger partial charge in [0, 0.05) is 18.2 Å². The van der Waals surface area contributed by atoms with Crippen LogP contribution in [0.4, 0.5) is 0 Å². The van der Waals surface area contributed by atoms with Crippen molar-refractivity contribution < 1.29 is 9.53 Å². The summed E-state index contributed by atoms with van der Waals surface area (Å²) in [5, 5.41) is 6.54. The second-order valence-electron chi connectivity index (χ2n) is 4.75. The predicted octanol–water partition coefficient (Wildman–Crippen LogP) is 2.57. The van der Waals surface area contributed by atoms with Gasteiger partial charge in [0.2, 0.25) is 5.88 Å². The number of carbonyl (C=O) groups is 1. The van der Waals surface area contributed by atoms with E-state index >= 15 is 0 Å². The van der Waals surface area contributed by atoms with E-state index in [1.54, 1.807) is 12.3 Å². The van der Waals surface area contributed by atoms with E-state index in [4.69, 9.17) is 4.74 Å². The number of nitrogens with one attached hydrogen (secondary N) is 1. The number of ether oxygens (including phenoxy) is 1. The zero-order valence-corrected chi connectivity index (χ0v) is 10.3. The molecule has 0 spiro atoms. The number of nitrogens with zero attached hydrogens (tertiary/aromatic N) is 1. The molecule has 1 N–H and O–H groups in total. The summed E-state index contributed by atoms with van der Waals surface area (Å²) in [6, 6.07) is 1.73. The topological polar surface area (TPSA) is 55.0 Å². The van der Waals surface area contributed by atoms with Gasteiger partial charge < -0.3 is 4.74 Å². The lowest BCUT2D eigenvalue weighted by atomic mass is 9.89. The quantitative estimate of drug-likeness (QED) is 0.826. The zero-order valence-electron chi connectivity index (χ0n) is 10.3. The van der Waals surface area contributed by atoms with E-state index in [0.717, 1.165) is 12.8 Å². The average molecular weight is 236 g/mol. The smallest absolute Gasteiger partial charge is 0.232 e. The van der Waals surface area contributed by atoms with Crippen molar-refractivity contribution in [2.75, 3.05) is 6.61 Å². The Morgan fingerprint density at radius 3 is 3.18 bits per heavy atom. The lowest BCUT2D eigenvalue weighted by Gasteiger charge is -2.17. The Morgan fingerprint density at radius 1 is 1.59 bits per heavy atom. The molecule has 1 aliphatic carbocycles.